The number of aromatic hydroxyl groups is 1. The summed E-state index contributed by atoms with van der Waals surface area (Å²) in [5, 5.41) is 9.54. The Bertz CT molecular complexity index is 463. The molecule has 0 saturated carbocycles. The SMILES string of the molecule is Oc1ccccc1C=Cc1ccccc1.[KH]. The molecule has 0 fully saturated rings. The van der Waals surface area contributed by atoms with Crippen LogP contribution in [-0.4, -0.2) is 56.5 Å². The third kappa shape index (κ3) is 3.89. The second-order valence-electron chi connectivity index (χ2n) is 3.30. The van der Waals surface area contributed by atoms with Crippen molar-refractivity contribution in [2.24, 2.45) is 0 Å². The molecule has 0 aliphatic heterocycles. The molecule has 76 valence electrons. The Morgan fingerprint density at radius 3 is 2.06 bits per heavy atom. The fraction of sp³-hybridized carbons (Fsp3) is 0. The monoisotopic (exact) mass is 236 g/mol. The van der Waals surface area contributed by atoms with Crippen LogP contribution in [0.4, 0.5) is 0 Å². The summed E-state index contributed by atoms with van der Waals surface area (Å²) >= 11 is 0. The van der Waals surface area contributed by atoms with Crippen LogP contribution < -0.4 is 0 Å². The molecule has 2 heteroatoms. The summed E-state index contributed by atoms with van der Waals surface area (Å²) in [6.45, 7) is 0. The van der Waals surface area contributed by atoms with E-state index in [-0.39, 0.29) is 51.4 Å². The standard InChI is InChI=1S/C14H12O.K.H/c15-14-9-5-4-8-13(14)11-10-12-6-2-1-3-7-12;;/h1-11,15H;;. The van der Waals surface area contributed by atoms with Gasteiger partial charge in [0, 0.05) is 5.56 Å². The Hall–Kier alpha value is -0.384. The first-order valence-corrected chi connectivity index (χ1v) is 4.87. The van der Waals surface area contributed by atoms with Gasteiger partial charge in [0.2, 0.25) is 0 Å². The van der Waals surface area contributed by atoms with Crippen LogP contribution in [-0.2, 0) is 0 Å². The van der Waals surface area contributed by atoms with Gasteiger partial charge in [0.25, 0.3) is 0 Å². The van der Waals surface area contributed by atoms with Crippen LogP contribution in [0, 0.1) is 0 Å². The van der Waals surface area contributed by atoms with Crippen LogP contribution in [0.15, 0.2) is 54.6 Å². The fourth-order valence-electron chi connectivity index (χ4n) is 1.38. The first-order valence-electron chi connectivity index (χ1n) is 4.87. The summed E-state index contributed by atoms with van der Waals surface area (Å²) in [6.07, 6.45) is 3.89. The van der Waals surface area contributed by atoms with Crippen molar-refractivity contribution < 1.29 is 5.11 Å². The summed E-state index contributed by atoms with van der Waals surface area (Å²) in [5.41, 5.74) is 1.96. The summed E-state index contributed by atoms with van der Waals surface area (Å²) < 4.78 is 0. The molecule has 0 aliphatic carbocycles. The zero-order valence-corrected chi connectivity index (χ0v) is 8.30. The molecule has 16 heavy (non-hydrogen) atoms. The Morgan fingerprint density at radius 1 is 0.750 bits per heavy atom. The van der Waals surface area contributed by atoms with Crippen molar-refractivity contribution in [1.29, 1.82) is 0 Å². The number of phenolic OH excluding ortho intramolecular Hbond substituents is 1. The zero-order chi connectivity index (χ0) is 10.5. The summed E-state index contributed by atoms with van der Waals surface area (Å²) in [4.78, 5) is 0. The molecule has 2 aromatic carbocycles. The van der Waals surface area contributed by atoms with E-state index < -0.39 is 0 Å². The number of rotatable bonds is 2. The number of benzene rings is 2. The summed E-state index contributed by atoms with van der Waals surface area (Å²) in [5.74, 6) is 0.310. The quantitative estimate of drug-likeness (QED) is 0.628. The van der Waals surface area contributed by atoms with Gasteiger partial charge in [-0.3, -0.25) is 0 Å². The van der Waals surface area contributed by atoms with Gasteiger partial charge in [0.1, 0.15) is 5.75 Å². The summed E-state index contributed by atoms with van der Waals surface area (Å²) in [7, 11) is 0. The third-order valence-corrected chi connectivity index (χ3v) is 2.19. The maximum absolute atomic E-state index is 9.54. The van der Waals surface area contributed by atoms with E-state index in [1.807, 2.05) is 60.7 Å². The zero-order valence-electron chi connectivity index (χ0n) is 8.30. The Labute approximate surface area is 138 Å². The van der Waals surface area contributed by atoms with Crippen LogP contribution in [0.5, 0.6) is 5.75 Å². The van der Waals surface area contributed by atoms with Crippen molar-refractivity contribution in [3.63, 3.8) is 0 Å². The van der Waals surface area contributed by atoms with Crippen LogP contribution in [0.2, 0.25) is 0 Å². The average molecular weight is 236 g/mol. The second-order valence-corrected chi connectivity index (χ2v) is 3.30. The van der Waals surface area contributed by atoms with E-state index in [1.54, 1.807) is 6.07 Å². The number of para-hydroxylation sites is 1. The van der Waals surface area contributed by atoms with E-state index in [4.69, 9.17) is 0 Å². The van der Waals surface area contributed by atoms with Gasteiger partial charge in [-0.2, -0.15) is 0 Å². The number of hydrogen-bond donors (Lipinski definition) is 1. The van der Waals surface area contributed by atoms with E-state index in [0.717, 1.165) is 11.1 Å². The molecular formula is C14H13KO. The number of phenols is 1. The fourth-order valence-corrected chi connectivity index (χ4v) is 1.38. The van der Waals surface area contributed by atoms with Crippen LogP contribution in [0.25, 0.3) is 12.2 Å². The van der Waals surface area contributed by atoms with Crippen molar-refractivity contribution in [1.82, 2.24) is 0 Å². The molecule has 0 amide bonds. The molecule has 0 radical (unpaired) electrons. The molecule has 0 spiro atoms. The van der Waals surface area contributed by atoms with Gasteiger partial charge in [-0.1, -0.05) is 60.7 Å². The molecule has 1 nitrogen and oxygen atoms in total. The van der Waals surface area contributed by atoms with Gasteiger partial charge in [0.05, 0.1) is 0 Å². The van der Waals surface area contributed by atoms with Crippen molar-refractivity contribution in [3.05, 3.63) is 65.7 Å². The first kappa shape index (κ1) is 13.7. The van der Waals surface area contributed by atoms with E-state index >= 15 is 0 Å². The van der Waals surface area contributed by atoms with Crippen molar-refractivity contribution in [2.45, 2.75) is 0 Å². The van der Waals surface area contributed by atoms with Gasteiger partial charge < -0.3 is 5.11 Å². The normalized spacial score (nSPS) is 10.0. The maximum atomic E-state index is 9.54. The first-order chi connectivity index (χ1) is 7.36. The van der Waals surface area contributed by atoms with E-state index in [2.05, 4.69) is 0 Å². The molecule has 0 saturated heterocycles. The van der Waals surface area contributed by atoms with Crippen LogP contribution in [0.3, 0.4) is 0 Å². The van der Waals surface area contributed by atoms with E-state index in [1.165, 1.54) is 0 Å². The van der Waals surface area contributed by atoms with Gasteiger partial charge in [-0.15, -0.1) is 0 Å². The predicted molar refractivity (Wildman–Crippen MR) is 70.6 cm³/mol. The van der Waals surface area contributed by atoms with Gasteiger partial charge in [0.15, 0.2) is 0 Å². The van der Waals surface area contributed by atoms with Crippen molar-refractivity contribution in [3.8, 4) is 5.75 Å². The Kier molecular flexibility index (Phi) is 6.02. The van der Waals surface area contributed by atoms with Gasteiger partial charge in [-0.05, 0) is 11.6 Å². The second kappa shape index (κ2) is 7.04. The van der Waals surface area contributed by atoms with Crippen LogP contribution >= 0.6 is 0 Å². The summed E-state index contributed by atoms with van der Waals surface area (Å²) in [6, 6.07) is 17.3. The van der Waals surface area contributed by atoms with E-state index in [0.29, 0.717) is 5.75 Å². The predicted octanol–water partition coefficient (Wildman–Crippen LogP) is 2.91. The molecule has 0 aliphatic rings. The van der Waals surface area contributed by atoms with Gasteiger partial charge in [-0.25, -0.2) is 0 Å². The molecule has 1 N–H and O–H groups in total. The van der Waals surface area contributed by atoms with Gasteiger partial charge >= 0.3 is 51.4 Å². The molecule has 0 aromatic heterocycles. The topological polar surface area (TPSA) is 20.2 Å². The molecule has 2 aromatic rings. The Balaban J connectivity index is 0.00000128. The van der Waals surface area contributed by atoms with Crippen molar-refractivity contribution >= 4 is 63.5 Å². The molecule has 0 bridgehead atoms. The van der Waals surface area contributed by atoms with Crippen LogP contribution in [0.1, 0.15) is 11.1 Å². The minimum atomic E-state index is 0. The molecule has 0 heterocycles. The van der Waals surface area contributed by atoms with E-state index in [9.17, 15) is 5.11 Å². The average Bonchev–Trinajstić information content (AvgIpc) is 2.29. The van der Waals surface area contributed by atoms with Crippen molar-refractivity contribution in [2.75, 3.05) is 0 Å². The molecule has 2 rings (SSSR count). The molecular weight excluding hydrogens is 223 g/mol. The third-order valence-electron chi connectivity index (χ3n) is 2.19. The number of hydrogen-bond acceptors (Lipinski definition) is 1. The molecule has 0 atom stereocenters. The molecule has 0 unspecified atom stereocenters. The minimum absolute atomic E-state index is 0. The Morgan fingerprint density at radius 2 is 1.38 bits per heavy atom.